The summed E-state index contributed by atoms with van der Waals surface area (Å²) in [7, 11) is -1.10. The Morgan fingerprint density at radius 2 is 1.92 bits per heavy atom. The molecular weight excluding hydrogens is 647 g/mol. The minimum Gasteiger partial charge on any atom is -0.463 e. The fourth-order valence-electron chi connectivity index (χ4n) is 9.55. The van der Waals surface area contributed by atoms with Gasteiger partial charge in [0.05, 0.1) is 23.3 Å². The third-order valence-electron chi connectivity index (χ3n) is 12.5. The Morgan fingerprint density at radius 3 is 2.74 bits per heavy atom. The van der Waals surface area contributed by atoms with Crippen molar-refractivity contribution in [2.75, 3.05) is 37.7 Å². The van der Waals surface area contributed by atoms with Crippen LogP contribution in [0, 0.1) is 35.3 Å². The molecule has 3 saturated heterocycles. The van der Waals surface area contributed by atoms with Crippen molar-refractivity contribution in [2.24, 2.45) is 11.3 Å². The first-order valence-electron chi connectivity index (χ1n) is 18.6. The van der Waals surface area contributed by atoms with Crippen molar-refractivity contribution in [3.63, 3.8) is 0 Å². The van der Waals surface area contributed by atoms with Crippen LogP contribution in [-0.4, -0.2) is 78.8 Å². The van der Waals surface area contributed by atoms with Crippen molar-refractivity contribution in [1.82, 2.24) is 25.2 Å². The van der Waals surface area contributed by atoms with E-state index in [0.29, 0.717) is 41.4 Å². The lowest BCUT2D eigenvalue weighted by atomic mass is 9.89. The second-order valence-electron chi connectivity index (χ2n) is 16.7. The molecule has 260 valence electrons. The number of pyridine rings is 1. The SMILES string of the molecule is C#Cc1c(F)ccc2cccc(-c3nc4c5c(nc(OCC6(CN7CCC[Si](C)(C)CC7)CC6)nc5c3F)N3C[C@H]5CC[C@H](N5)[C@@H]3[C@@H](C)C4)c12. The summed E-state index contributed by atoms with van der Waals surface area (Å²) >= 11 is 0. The highest BCUT2D eigenvalue weighted by molar-refractivity contribution is 6.77. The standard InChI is InChI=1S/C40H46F2N6OSi/c1-5-27-29(41)12-10-25-8-6-9-28(32(25)27)35-34(42)36-33-31(44-35)20-24(2)37-30-13-11-26(43-30)21-48(37)38(33)46-39(45-36)49-23-40(14-15-40)22-47-16-7-18-50(3,4)19-17-47/h1,6,8-10,12,24,26,30,37,43H,7,11,13-23H2,2-4H3/t24-,26+,30-,37-/m0/s1. The van der Waals surface area contributed by atoms with E-state index in [4.69, 9.17) is 26.1 Å². The van der Waals surface area contributed by atoms with E-state index in [2.05, 4.69) is 41.1 Å². The maximum absolute atomic E-state index is 17.2. The zero-order valence-corrected chi connectivity index (χ0v) is 30.4. The van der Waals surface area contributed by atoms with Crippen LogP contribution < -0.4 is 15.0 Å². The molecule has 0 unspecified atom stereocenters. The molecule has 1 N–H and O–H groups in total. The first-order valence-corrected chi connectivity index (χ1v) is 22.0. The zero-order chi connectivity index (χ0) is 34.4. The zero-order valence-electron chi connectivity index (χ0n) is 29.4. The van der Waals surface area contributed by atoms with Crippen molar-refractivity contribution in [3.8, 4) is 29.6 Å². The Morgan fingerprint density at radius 1 is 1.06 bits per heavy atom. The smallest absolute Gasteiger partial charge is 0.319 e. The number of terminal acetylenes is 1. The average molecular weight is 693 g/mol. The molecule has 0 amide bonds. The molecule has 2 aromatic heterocycles. The first-order chi connectivity index (χ1) is 24.1. The fourth-order valence-corrected chi connectivity index (χ4v) is 11.8. The topological polar surface area (TPSA) is 66.4 Å². The summed E-state index contributed by atoms with van der Waals surface area (Å²) < 4.78 is 38.9. The van der Waals surface area contributed by atoms with Crippen LogP contribution in [0.1, 0.15) is 50.3 Å². The molecule has 0 spiro atoms. The molecule has 2 bridgehead atoms. The predicted octanol–water partition coefficient (Wildman–Crippen LogP) is 7.18. The quantitative estimate of drug-likeness (QED) is 0.170. The van der Waals surface area contributed by atoms with Crippen LogP contribution in [0.3, 0.4) is 0 Å². The van der Waals surface area contributed by atoms with Crippen molar-refractivity contribution in [1.29, 1.82) is 0 Å². The maximum Gasteiger partial charge on any atom is 0.319 e. The molecule has 2 aromatic carbocycles. The lowest BCUT2D eigenvalue weighted by Gasteiger charge is -2.43. The molecule has 7 nitrogen and oxygen atoms in total. The molecule has 4 aliphatic heterocycles. The highest BCUT2D eigenvalue weighted by atomic mass is 28.3. The lowest BCUT2D eigenvalue weighted by Crippen LogP contribution is -2.60. The number of aromatic nitrogens is 3. The first kappa shape index (κ1) is 32.3. The molecule has 9 rings (SSSR count). The fraction of sp³-hybridized carbons (Fsp3) is 0.525. The molecule has 50 heavy (non-hydrogen) atoms. The van der Waals surface area contributed by atoms with Crippen molar-refractivity contribution < 1.29 is 13.5 Å². The van der Waals surface area contributed by atoms with Gasteiger partial charge in [-0.25, -0.2) is 13.8 Å². The highest BCUT2D eigenvalue weighted by Crippen LogP contribution is 2.48. The van der Waals surface area contributed by atoms with E-state index >= 15 is 8.78 Å². The van der Waals surface area contributed by atoms with Gasteiger partial charge in [0.1, 0.15) is 22.8 Å². The number of piperazine rings is 1. The van der Waals surface area contributed by atoms with Crippen LogP contribution in [0.4, 0.5) is 14.6 Å². The van der Waals surface area contributed by atoms with Crippen molar-refractivity contribution in [3.05, 3.63) is 53.2 Å². The number of nitrogens with zero attached hydrogens (tertiary/aromatic N) is 5. The van der Waals surface area contributed by atoms with Gasteiger partial charge in [-0.15, -0.1) is 6.42 Å². The van der Waals surface area contributed by atoms with Gasteiger partial charge in [-0.2, -0.15) is 9.97 Å². The van der Waals surface area contributed by atoms with Gasteiger partial charge < -0.3 is 19.9 Å². The number of rotatable bonds is 6. The number of halogens is 2. The normalized spacial score (nSPS) is 26.7. The number of hydrogen-bond donors (Lipinski definition) is 1. The van der Waals surface area contributed by atoms with Crippen molar-refractivity contribution in [2.45, 2.75) is 88.8 Å². The lowest BCUT2D eigenvalue weighted by molar-refractivity contribution is 0.159. The van der Waals surface area contributed by atoms with Crippen LogP contribution in [-0.2, 0) is 6.42 Å². The second-order valence-corrected chi connectivity index (χ2v) is 22.0. The van der Waals surface area contributed by atoms with Crippen LogP contribution in [0.5, 0.6) is 6.01 Å². The van der Waals surface area contributed by atoms with E-state index in [-0.39, 0.29) is 40.2 Å². The van der Waals surface area contributed by atoms with Gasteiger partial charge in [-0.1, -0.05) is 56.2 Å². The van der Waals surface area contributed by atoms with Gasteiger partial charge >= 0.3 is 6.01 Å². The Balaban J connectivity index is 1.15. The monoisotopic (exact) mass is 692 g/mol. The summed E-state index contributed by atoms with van der Waals surface area (Å²) in [5.41, 5.74) is 1.76. The number of ether oxygens (including phenoxy) is 1. The Labute approximate surface area is 294 Å². The number of nitrogens with one attached hydrogen (secondary N) is 1. The van der Waals surface area contributed by atoms with Crippen LogP contribution in [0.2, 0.25) is 25.2 Å². The molecule has 6 heterocycles. The summed E-state index contributed by atoms with van der Waals surface area (Å²) in [5, 5.41) is 5.72. The molecule has 4 atom stereocenters. The third kappa shape index (κ3) is 5.48. The van der Waals surface area contributed by atoms with Crippen LogP contribution in [0.25, 0.3) is 32.9 Å². The van der Waals surface area contributed by atoms with Crippen molar-refractivity contribution >= 4 is 35.6 Å². The minimum absolute atomic E-state index is 0.0828. The molecule has 4 aromatic rings. The second kappa shape index (κ2) is 12.0. The van der Waals surface area contributed by atoms with E-state index in [0.717, 1.165) is 62.2 Å². The average Bonchev–Trinajstić information content (AvgIpc) is 3.83. The van der Waals surface area contributed by atoms with E-state index in [9.17, 15) is 0 Å². The van der Waals surface area contributed by atoms with Gasteiger partial charge in [0.2, 0.25) is 0 Å². The maximum atomic E-state index is 17.2. The van der Waals surface area contributed by atoms with E-state index in [1.807, 2.05) is 12.1 Å². The van der Waals surface area contributed by atoms with Gasteiger partial charge in [0.25, 0.3) is 0 Å². The summed E-state index contributed by atoms with van der Waals surface area (Å²) in [5.74, 6) is 2.40. The number of anilines is 1. The third-order valence-corrected chi connectivity index (χ3v) is 15.8. The summed E-state index contributed by atoms with van der Waals surface area (Å²) in [6.07, 6.45) is 12.2. The summed E-state index contributed by atoms with van der Waals surface area (Å²) in [4.78, 5) is 20.1. The van der Waals surface area contributed by atoms with E-state index in [1.165, 1.54) is 31.1 Å². The number of benzene rings is 2. The Kier molecular flexibility index (Phi) is 7.72. The van der Waals surface area contributed by atoms with Gasteiger partial charge in [0.15, 0.2) is 5.82 Å². The Hall–Kier alpha value is -3.65. The largest absolute Gasteiger partial charge is 0.463 e. The predicted molar refractivity (Wildman–Crippen MR) is 197 cm³/mol. The van der Waals surface area contributed by atoms with Gasteiger partial charge in [-0.05, 0) is 75.0 Å². The molecule has 10 heteroatoms. The van der Waals surface area contributed by atoms with E-state index in [1.54, 1.807) is 12.1 Å². The number of hydrogen-bond acceptors (Lipinski definition) is 7. The Bertz CT molecular complexity index is 2060. The van der Waals surface area contributed by atoms with E-state index < -0.39 is 19.7 Å². The highest BCUT2D eigenvalue weighted by Gasteiger charge is 2.47. The minimum atomic E-state index is -1.10. The molecule has 1 saturated carbocycles. The molecular formula is C40H46F2N6OSi. The van der Waals surface area contributed by atoms with Crippen LogP contribution >= 0.6 is 0 Å². The van der Waals surface area contributed by atoms with Crippen LogP contribution in [0.15, 0.2) is 30.3 Å². The molecule has 4 fully saturated rings. The van der Waals surface area contributed by atoms with Gasteiger partial charge in [-0.3, -0.25) is 0 Å². The summed E-state index contributed by atoms with van der Waals surface area (Å²) in [6, 6.07) is 12.4. The molecule has 0 radical (unpaired) electrons. The number of fused-ring (bicyclic) bond motifs is 6. The molecule has 5 aliphatic rings. The molecule has 1 aliphatic carbocycles. The summed E-state index contributed by atoms with van der Waals surface area (Å²) in [6.45, 7) is 12.0. The van der Waals surface area contributed by atoms with Gasteiger partial charge in [0, 0.05) is 55.7 Å².